The molecule has 254 valence electrons. The lowest BCUT2D eigenvalue weighted by molar-refractivity contribution is 0.414. The van der Waals surface area contributed by atoms with E-state index < -0.39 is 0 Å². The Bertz CT molecular complexity index is 2250. The fourth-order valence-corrected chi connectivity index (χ4v) is 7.00. The van der Waals surface area contributed by atoms with Gasteiger partial charge in [-0.1, -0.05) is 82.5 Å². The summed E-state index contributed by atoms with van der Waals surface area (Å²) in [6, 6.07) is 31.4. The molecule has 3 aromatic heterocycles. The van der Waals surface area contributed by atoms with Crippen molar-refractivity contribution in [2.75, 3.05) is 7.11 Å². The van der Waals surface area contributed by atoms with E-state index in [0.29, 0.717) is 11.8 Å². The van der Waals surface area contributed by atoms with Gasteiger partial charge in [-0.3, -0.25) is 4.57 Å². The summed E-state index contributed by atoms with van der Waals surface area (Å²) in [5.74, 6) is 4.26. The Morgan fingerprint density at radius 2 is 1.44 bits per heavy atom. The normalized spacial score (nSPS) is 12.8. The van der Waals surface area contributed by atoms with Crippen molar-refractivity contribution in [3.05, 3.63) is 126 Å². The molecule has 7 rings (SSSR count). The van der Waals surface area contributed by atoms with E-state index in [1.165, 1.54) is 22.3 Å². The van der Waals surface area contributed by atoms with Gasteiger partial charge in [-0.25, -0.2) is 9.67 Å². The van der Waals surface area contributed by atoms with Gasteiger partial charge in [0.15, 0.2) is 0 Å². The molecule has 7 aromatic rings. The van der Waals surface area contributed by atoms with E-state index in [0.717, 1.165) is 81.8 Å². The lowest BCUT2D eigenvalue weighted by Gasteiger charge is -2.20. The molecule has 0 spiro atoms. The number of para-hydroxylation sites is 1. The number of nitrogens with zero attached hydrogens (tertiary/aromatic N) is 4. The van der Waals surface area contributed by atoms with Crippen LogP contribution in [-0.4, -0.2) is 26.4 Å². The molecule has 6 heteroatoms. The number of rotatable bonds is 12. The van der Waals surface area contributed by atoms with Gasteiger partial charge in [0.05, 0.1) is 30.0 Å². The van der Waals surface area contributed by atoms with Crippen LogP contribution in [-0.2, 0) is 12.8 Å². The second kappa shape index (κ2) is 14.2. The third kappa shape index (κ3) is 6.62. The Hall–Kier alpha value is -5.36. The maximum Gasteiger partial charge on any atom is 0.141 e. The predicted octanol–water partition coefficient (Wildman–Crippen LogP) is 11.3. The summed E-state index contributed by atoms with van der Waals surface area (Å²) in [5.41, 5.74) is 9.73. The van der Waals surface area contributed by atoms with Crippen LogP contribution < -0.4 is 9.47 Å². The van der Waals surface area contributed by atoms with Crippen LogP contribution in [0.15, 0.2) is 110 Å². The van der Waals surface area contributed by atoms with Crippen molar-refractivity contribution in [3.8, 4) is 39.9 Å². The van der Waals surface area contributed by atoms with E-state index in [4.69, 9.17) is 19.6 Å². The first-order valence-corrected chi connectivity index (χ1v) is 17.8. The van der Waals surface area contributed by atoms with Crippen LogP contribution in [0.2, 0.25) is 0 Å². The molecule has 0 aliphatic carbocycles. The molecule has 50 heavy (non-hydrogen) atoms. The standard InChI is InChI=1S/C44H46N4O2/c1-7-29(3)20-32-22-31(5)23-33(21-30(4)8-2)44(32)34-27-46-47(28-34)35-12-11-13-37(24-35)50-38-16-17-40-39-14-9-10-15-41(39)48(42(40)25-38)43-26-36(49-6)18-19-45-43/h9-19,22-30H,7-8,20-21H2,1-6H3. The minimum atomic E-state index is 0.614. The summed E-state index contributed by atoms with van der Waals surface area (Å²) in [4.78, 5) is 4.70. The van der Waals surface area contributed by atoms with Crippen LogP contribution >= 0.6 is 0 Å². The third-order valence-corrected chi connectivity index (χ3v) is 9.99. The van der Waals surface area contributed by atoms with Crippen LogP contribution in [0.3, 0.4) is 0 Å². The van der Waals surface area contributed by atoms with Crippen LogP contribution in [0, 0.1) is 18.8 Å². The monoisotopic (exact) mass is 662 g/mol. The molecule has 0 amide bonds. The molecule has 4 aromatic carbocycles. The Labute approximate surface area is 295 Å². The highest BCUT2D eigenvalue weighted by atomic mass is 16.5. The molecule has 0 fully saturated rings. The van der Waals surface area contributed by atoms with Crippen LogP contribution in [0.1, 0.15) is 57.2 Å². The molecule has 0 radical (unpaired) electrons. The van der Waals surface area contributed by atoms with Gasteiger partial charge < -0.3 is 9.47 Å². The van der Waals surface area contributed by atoms with E-state index in [1.807, 2.05) is 41.2 Å². The van der Waals surface area contributed by atoms with Crippen molar-refractivity contribution in [2.45, 2.75) is 60.3 Å². The van der Waals surface area contributed by atoms with Gasteiger partial charge in [0.2, 0.25) is 0 Å². The Balaban J connectivity index is 1.23. The van der Waals surface area contributed by atoms with Gasteiger partial charge >= 0.3 is 0 Å². The number of methoxy groups -OCH3 is 1. The molecule has 3 heterocycles. The van der Waals surface area contributed by atoms with E-state index in [1.54, 1.807) is 13.3 Å². The van der Waals surface area contributed by atoms with Crippen LogP contribution in [0.5, 0.6) is 17.2 Å². The van der Waals surface area contributed by atoms with Crippen molar-refractivity contribution in [3.63, 3.8) is 0 Å². The molecule has 2 unspecified atom stereocenters. The maximum absolute atomic E-state index is 6.54. The highest BCUT2D eigenvalue weighted by molar-refractivity contribution is 6.09. The lowest BCUT2D eigenvalue weighted by Crippen LogP contribution is -2.06. The summed E-state index contributed by atoms with van der Waals surface area (Å²) < 4.78 is 16.2. The highest BCUT2D eigenvalue weighted by Gasteiger charge is 2.18. The first kappa shape index (κ1) is 33.2. The van der Waals surface area contributed by atoms with Crippen molar-refractivity contribution < 1.29 is 9.47 Å². The fraction of sp³-hybridized carbons (Fsp3) is 0.273. The van der Waals surface area contributed by atoms with Gasteiger partial charge in [0, 0.05) is 46.9 Å². The van der Waals surface area contributed by atoms with E-state index in [2.05, 4.69) is 106 Å². The highest BCUT2D eigenvalue weighted by Crippen LogP contribution is 2.37. The molecular formula is C44H46N4O2. The van der Waals surface area contributed by atoms with Gasteiger partial charge in [0.1, 0.15) is 23.1 Å². The lowest BCUT2D eigenvalue weighted by atomic mass is 9.85. The second-order valence-corrected chi connectivity index (χ2v) is 13.8. The van der Waals surface area contributed by atoms with Crippen molar-refractivity contribution in [1.29, 1.82) is 0 Å². The average Bonchev–Trinajstić information content (AvgIpc) is 3.74. The molecule has 0 bridgehead atoms. The Kier molecular flexibility index (Phi) is 9.44. The molecule has 0 aliphatic rings. The van der Waals surface area contributed by atoms with Gasteiger partial charge in [-0.05, 0) is 84.7 Å². The topological polar surface area (TPSA) is 54.1 Å². The van der Waals surface area contributed by atoms with Crippen molar-refractivity contribution in [2.24, 2.45) is 11.8 Å². The SMILES string of the molecule is CCC(C)Cc1cc(C)cc(CC(C)CC)c1-c1cnn(-c2cccc(Oc3ccc4c5ccccc5n(-c5cc(OC)ccn5)c4c3)c2)c1. The summed E-state index contributed by atoms with van der Waals surface area (Å²) in [7, 11) is 1.67. The molecule has 0 aliphatic heterocycles. The average molecular weight is 663 g/mol. The van der Waals surface area contributed by atoms with Crippen molar-refractivity contribution >= 4 is 21.8 Å². The number of ether oxygens (including phenoxy) is 2. The van der Waals surface area contributed by atoms with E-state index >= 15 is 0 Å². The predicted molar refractivity (Wildman–Crippen MR) is 205 cm³/mol. The van der Waals surface area contributed by atoms with Crippen LogP contribution in [0.25, 0.3) is 44.4 Å². The summed E-state index contributed by atoms with van der Waals surface area (Å²) in [6.07, 6.45) is 10.4. The van der Waals surface area contributed by atoms with Crippen molar-refractivity contribution in [1.82, 2.24) is 19.3 Å². The molecule has 2 atom stereocenters. The second-order valence-electron chi connectivity index (χ2n) is 13.8. The van der Waals surface area contributed by atoms with Gasteiger partial charge in [-0.2, -0.15) is 5.10 Å². The first-order chi connectivity index (χ1) is 24.3. The summed E-state index contributed by atoms with van der Waals surface area (Å²) in [6.45, 7) is 11.5. The largest absolute Gasteiger partial charge is 0.497 e. The third-order valence-electron chi connectivity index (χ3n) is 9.99. The fourth-order valence-electron chi connectivity index (χ4n) is 7.00. The molecule has 0 saturated heterocycles. The zero-order valence-corrected chi connectivity index (χ0v) is 30.0. The molecule has 6 nitrogen and oxygen atoms in total. The molecule has 0 N–H and O–H groups in total. The first-order valence-electron chi connectivity index (χ1n) is 17.8. The number of aromatic nitrogens is 4. The number of pyridine rings is 1. The number of aryl methyl sites for hydroxylation is 1. The smallest absolute Gasteiger partial charge is 0.141 e. The Morgan fingerprint density at radius 3 is 2.18 bits per heavy atom. The number of benzene rings is 4. The van der Waals surface area contributed by atoms with Crippen LogP contribution in [0.4, 0.5) is 0 Å². The van der Waals surface area contributed by atoms with E-state index in [9.17, 15) is 0 Å². The Morgan fingerprint density at radius 1 is 0.720 bits per heavy atom. The van der Waals surface area contributed by atoms with Gasteiger partial charge in [0.25, 0.3) is 0 Å². The van der Waals surface area contributed by atoms with E-state index in [-0.39, 0.29) is 0 Å². The quantitative estimate of drug-likeness (QED) is 0.131. The maximum atomic E-state index is 6.54. The number of hydrogen-bond acceptors (Lipinski definition) is 4. The minimum Gasteiger partial charge on any atom is -0.497 e. The minimum absolute atomic E-state index is 0.614. The zero-order chi connectivity index (χ0) is 34.8. The zero-order valence-electron chi connectivity index (χ0n) is 30.0. The number of hydrogen-bond donors (Lipinski definition) is 0. The molecule has 0 saturated carbocycles. The summed E-state index contributed by atoms with van der Waals surface area (Å²) in [5, 5.41) is 7.17. The molecular weight excluding hydrogens is 617 g/mol. The van der Waals surface area contributed by atoms with Gasteiger partial charge in [-0.15, -0.1) is 0 Å². The summed E-state index contributed by atoms with van der Waals surface area (Å²) >= 11 is 0. The number of fused-ring (bicyclic) bond motifs is 3.